The summed E-state index contributed by atoms with van der Waals surface area (Å²) >= 11 is 0. The third-order valence-corrected chi connectivity index (χ3v) is 4.11. The molecular weight excluding hydrogens is 396 g/mol. The van der Waals surface area contributed by atoms with E-state index < -0.39 is 23.5 Å². The second kappa shape index (κ2) is 7.12. The summed E-state index contributed by atoms with van der Waals surface area (Å²) in [7, 11) is 0. The summed E-state index contributed by atoms with van der Waals surface area (Å²) in [6.45, 7) is 0.125. The molecule has 0 saturated heterocycles. The lowest BCUT2D eigenvalue weighted by molar-refractivity contribution is -0.140. The molecule has 0 atom stereocenters. The first-order chi connectivity index (χ1) is 13.8. The van der Waals surface area contributed by atoms with Gasteiger partial charge in [0.25, 0.3) is 0 Å². The van der Waals surface area contributed by atoms with Crippen molar-refractivity contribution in [3.8, 4) is 22.8 Å². The van der Waals surface area contributed by atoms with Crippen LogP contribution in [0, 0.1) is 5.82 Å². The zero-order valence-electron chi connectivity index (χ0n) is 14.5. The maximum absolute atomic E-state index is 13.3. The fourth-order valence-corrected chi connectivity index (χ4v) is 2.77. The summed E-state index contributed by atoms with van der Waals surface area (Å²) in [5.74, 6) is -0.511. The predicted octanol–water partition coefficient (Wildman–Crippen LogP) is 4.41. The highest BCUT2D eigenvalue weighted by molar-refractivity contribution is 5.92. The number of alkyl halides is 3. The molecule has 150 valence electrons. The van der Waals surface area contributed by atoms with E-state index in [0.717, 1.165) is 6.07 Å². The molecule has 4 rings (SSSR count). The van der Waals surface area contributed by atoms with Crippen LogP contribution in [0.4, 0.5) is 23.2 Å². The first-order valence-corrected chi connectivity index (χ1v) is 8.32. The number of carbonyl (C=O) groups excluding carboxylic acids is 1. The average Bonchev–Trinajstić information content (AvgIpc) is 3.30. The van der Waals surface area contributed by atoms with E-state index in [1.54, 1.807) is 18.2 Å². The quantitative estimate of drug-likeness (QED) is 0.648. The maximum Gasteiger partial charge on any atom is 0.419 e. The third-order valence-electron chi connectivity index (χ3n) is 4.11. The zero-order chi connectivity index (χ0) is 20.6. The van der Waals surface area contributed by atoms with Crippen LogP contribution in [0.2, 0.25) is 0 Å². The number of amides is 1. The summed E-state index contributed by atoms with van der Waals surface area (Å²) in [4.78, 5) is 12.1. The number of carbonyl (C=O) groups is 1. The van der Waals surface area contributed by atoms with Crippen molar-refractivity contribution in [2.75, 3.05) is 12.1 Å². The van der Waals surface area contributed by atoms with Crippen LogP contribution < -0.4 is 14.8 Å². The van der Waals surface area contributed by atoms with Crippen molar-refractivity contribution in [2.45, 2.75) is 12.6 Å². The molecule has 1 N–H and O–H groups in total. The van der Waals surface area contributed by atoms with Crippen molar-refractivity contribution >= 4 is 11.6 Å². The molecule has 3 aromatic rings. The Morgan fingerprint density at radius 1 is 1.07 bits per heavy atom. The molecule has 6 nitrogen and oxygen atoms in total. The fourth-order valence-electron chi connectivity index (χ4n) is 2.77. The van der Waals surface area contributed by atoms with Gasteiger partial charge in [0.15, 0.2) is 17.3 Å². The van der Waals surface area contributed by atoms with E-state index >= 15 is 0 Å². The summed E-state index contributed by atoms with van der Waals surface area (Å²) in [6, 6.07) is 8.89. The molecule has 0 spiro atoms. The average molecular weight is 408 g/mol. The third kappa shape index (κ3) is 4.00. The molecule has 2 aromatic carbocycles. The van der Waals surface area contributed by atoms with E-state index in [1.165, 1.54) is 6.07 Å². The molecule has 10 heteroatoms. The van der Waals surface area contributed by atoms with Crippen molar-refractivity contribution in [3.63, 3.8) is 0 Å². The lowest BCUT2D eigenvalue weighted by atomic mass is 10.1. The highest BCUT2D eigenvalue weighted by atomic mass is 19.4. The van der Waals surface area contributed by atoms with Crippen LogP contribution in [-0.4, -0.2) is 17.9 Å². The molecule has 0 unspecified atom stereocenters. The predicted molar refractivity (Wildman–Crippen MR) is 91.8 cm³/mol. The van der Waals surface area contributed by atoms with Gasteiger partial charge in [-0.05, 0) is 36.4 Å². The first-order valence-electron chi connectivity index (χ1n) is 8.32. The molecule has 0 radical (unpaired) electrons. The molecule has 0 aliphatic carbocycles. The number of ether oxygens (including phenoxy) is 2. The Bertz CT molecular complexity index is 1080. The van der Waals surface area contributed by atoms with Gasteiger partial charge in [-0.3, -0.25) is 4.79 Å². The van der Waals surface area contributed by atoms with Gasteiger partial charge in [0.2, 0.25) is 12.7 Å². The topological polar surface area (TPSA) is 73.6 Å². The van der Waals surface area contributed by atoms with Gasteiger partial charge in [-0.2, -0.15) is 13.2 Å². The monoisotopic (exact) mass is 408 g/mol. The number of benzene rings is 2. The summed E-state index contributed by atoms with van der Waals surface area (Å²) in [5, 5.41) is 6.08. The highest BCUT2D eigenvalue weighted by Crippen LogP contribution is 2.36. The van der Waals surface area contributed by atoms with Crippen LogP contribution in [0.3, 0.4) is 0 Å². The van der Waals surface area contributed by atoms with Gasteiger partial charge in [-0.1, -0.05) is 5.16 Å². The largest absolute Gasteiger partial charge is 0.454 e. The van der Waals surface area contributed by atoms with Gasteiger partial charge in [-0.15, -0.1) is 0 Å². The molecule has 1 aliphatic rings. The zero-order valence-corrected chi connectivity index (χ0v) is 14.5. The van der Waals surface area contributed by atoms with Crippen LogP contribution in [0.5, 0.6) is 11.5 Å². The Hall–Kier alpha value is -3.56. The van der Waals surface area contributed by atoms with E-state index in [0.29, 0.717) is 35.0 Å². The highest BCUT2D eigenvalue weighted by Gasteiger charge is 2.34. The SMILES string of the molecule is O=C(Cc1cc(-c2ccc3c(c2)OCO3)on1)Nc1ccc(F)c(C(F)(F)F)c1. The first kappa shape index (κ1) is 18.8. The smallest absolute Gasteiger partial charge is 0.419 e. The van der Waals surface area contributed by atoms with Gasteiger partial charge in [0.05, 0.1) is 17.7 Å². The molecule has 1 aromatic heterocycles. The molecule has 0 bridgehead atoms. The lowest BCUT2D eigenvalue weighted by Crippen LogP contribution is -2.16. The van der Waals surface area contributed by atoms with Crippen molar-refractivity contribution in [1.29, 1.82) is 0 Å². The van der Waals surface area contributed by atoms with Gasteiger partial charge in [-0.25, -0.2) is 4.39 Å². The number of halogens is 4. The van der Waals surface area contributed by atoms with Crippen LogP contribution in [0.25, 0.3) is 11.3 Å². The molecule has 0 saturated carbocycles. The van der Waals surface area contributed by atoms with Crippen LogP contribution in [-0.2, 0) is 17.4 Å². The molecular formula is C19H12F4N2O4. The summed E-state index contributed by atoms with van der Waals surface area (Å²) < 4.78 is 67.4. The fraction of sp³-hybridized carbons (Fsp3) is 0.158. The Morgan fingerprint density at radius 2 is 1.86 bits per heavy atom. The van der Waals surface area contributed by atoms with Crippen LogP contribution >= 0.6 is 0 Å². The van der Waals surface area contributed by atoms with E-state index in [2.05, 4.69) is 10.5 Å². The van der Waals surface area contributed by atoms with Crippen LogP contribution in [0.15, 0.2) is 47.0 Å². The number of nitrogens with zero attached hydrogens (tertiary/aromatic N) is 1. The van der Waals surface area contributed by atoms with E-state index in [-0.39, 0.29) is 24.6 Å². The van der Waals surface area contributed by atoms with E-state index in [9.17, 15) is 22.4 Å². The lowest BCUT2D eigenvalue weighted by Gasteiger charge is -2.10. The number of anilines is 1. The Balaban J connectivity index is 1.45. The standard InChI is InChI=1S/C19H12F4N2O4/c20-14-3-2-11(6-13(14)19(21,22)23)24-18(26)8-12-7-16(29-25-12)10-1-4-15-17(5-10)28-9-27-15/h1-7H,8-9H2,(H,24,26). The van der Waals surface area contributed by atoms with Crippen molar-refractivity contribution < 1.29 is 36.4 Å². The van der Waals surface area contributed by atoms with Crippen molar-refractivity contribution in [2.24, 2.45) is 0 Å². The Morgan fingerprint density at radius 3 is 2.66 bits per heavy atom. The summed E-state index contributed by atoms with van der Waals surface area (Å²) in [5.41, 5.74) is -0.708. The Labute approximate surface area is 161 Å². The maximum atomic E-state index is 13.3. The summed E-state index contributed by atoms with van der Waals surface area (Å²) in [6.07, 6.45) is -5.11. The van der Waals surface area contributed by atoms with Crippen molar-refractivity contribution in [3.05, 3.63) is 59.5 Å². The molecule has 0 fully saturated rings. The molecule has 2 heterocycles. The minimum absolute atomic E-state index is 0.125. The normalized spacial score (nSPS) is 12.8. The van der Waals surface area contributed by atoms with Crippen molar-refractivity contribution in [1.82, 2.24) is 5.16 Å². The number of nitrogens with one attached hydrogen (secondary N) is 1. The number of rotatable bonds is 4. The van der Waals surface area contributed by atoms with Gasteiger partial charge >= 0.3 is 6.18 Å². The number of fused-ring (bicyclic) bond motifs is 1. The van der Waals surface area contributed by atoms with E-state index in [4.69, 9.17) is 14.0 Å². The second-order valence-electron chi connectivity index (χ2n) is 6.17. The minimum Gasteiger partial charge on any atom is -0.454 e. The van der Waals surface area contributed by atoms with Gasteiger partial charge < -0.3 is 19.3 Å². The van der Waals surface area contributed by atoms with Crippen LogP contribution in [0.1, 0.15) is 11.3 Å². The number of hydrogen-bond donors (Lipinski definition) is 1. The van der Waals surface area contributed by atoms with Gasteiger partial charge in [0.1, 0.15) is 5.82 Å². The number of hydrogen-bond acceptors (Lipinski definition) is 5. The second-order valence-corrected chi connectivity index (χ2v) is 6.17. The van der Waals surface area contributed by atoms with E-state index in [1.807, 2.05) is 0 Å². The van der Waals surface area contributed by atoms with Gasteiger partial charge in [0, 0.05) is 17.3 Å². The number of aromatic nitrogens is 1. The minimum atomic E-state index is -4.86. The Kier molecular flexibility index (Phi) is 4.61. The molecule has 1 amide bonds. The molecule has 29 heavy (non-hydrogen) atoms. The molecule has 1 aliphatic heterocycles.